The van der Waals surface area contributed by atoms with Gasteiger partial charge in [0, 0.05) is 4.47 Å². The average Bonchev–Trinajstić information content (AvgIpc) is 2.69. The zero-order valence-electron chi connectivity index (χ0n) is 10.2. The van der Waals surface area contributed by atoms with E-state index >= 15 is 0 Å². The minimum atomic E-state index is -4.13. The molecule has 21 heavy (non-hydrogen) atoms. The quantitative estimate of drug-likeness (QED) is 0.653. The largest absolute Gasteiger partial charge is 0.481 e. The molecule has 2 rings (SSSR count). The molecule has 2 atom stereocenters. The number of sulfonamides is 1. The molecule has 1 aliphatic rings. The third kappa shape index (κ3) is 3.38. The zero-order chi connectivity index (χ0) is 15.8. The normalized spacial score (nSPS) is 25.2. The Balaban J connectivity index is 2.37. The molecular formula is C11H9BrClNO5S2. The molecule has 0 aliphatic heterocycles. The van der Waals surface area contributed by atoms with Crippen LogP contribution in [0.4, 0.5) is 0 Å². The molecule has 1 aromatic rings. The summed E-state index contributed by atoms with van der Waals surface area (Å²) in [5, 5.41) is 19.4. The van der Waals surface area contributed by atoms with Gasteiger partial charge in [-0.2, -0.15) is 4.72 Å². The number of allylic oxidation sites excluding steroid dienone is 2. The van der Waals surface area contributed by atoms with Crippen LogP contribution in [0.15, 0.2) is 39.1 Å². The van der Waals surface area contributed by atoms with Crippen molar-refractivity contribution < 1.29 is 23.4 Å². The van der Waals surface area contributed by atoms with Gasteiger partial charge in [0.1, 0.15) is 14.5 Å². The molecule has 0 saturated heterocycles. The number of thiophene rings is 1. The summed E-state index contributed by atoms with van der Waals surface area (Å²) < 4.78 is 27.0. The Hall–Kier alpha value is -0.710. The lowest BCUT2D eigenvalue weighted by Crippen LogP contribution is -2.54. The Labute approximate surface area is 137 Å². The standard InChI is InChI=1S/C11H9BrClNO5S2/c12-7-5-8(20-9(7)13)21(18,19)14-11(17)4-2-1-3-6(11)10(15)16/h1-6,14,17H,(H,15,16). The monoisotopic (exact) mass is 413 g/mol. The van der Waals surface area contributed by atoms with E-state index in [-0.39, 0.29) is 8.55 Å². The Kier molecular flexibility index (Phi) is 4.62. The summed E-state index contributed by atoms with van der Waals surface area (Å²) >= 11 is 9.66. The smallest absolute Gasteiger partial charge is 0.315 e. The van der Waals surface area contributed by atoms with Gasteiger partial charge in [-0.15, -0.1) is 11.3 Å². The van der Waals surface area contributed by atoms with Gasteiger partial charge in [0.2, 0.25) is 0 Å². The summed E-state index contributed by atoms with van der Waals surface area (Å²) in [4.78, 5) is 11.1. The summed E-state index contributed by atoms with van der Waals surface area (Å²) in [5.41, 5.74) is -2.25. The van der Waals surface area contributed by atoms with Gasteiger partial charge in [0.25, 0.3) is 10.0 Å². The van der Waals surface area contributed by atoms with Crippen LogP contribution in [0.25, 0.3) is 0 Å². The molecular weight excluding hydrogens is 406 g/mol. The van der Waals surface area contributed by atoms with Crippen molar-refractivity contribution in [1.29, 1.82) is 0 Å². The first kappa shape index (κ1) is 16.7. The van der Waals surface area contributed by atoms with E-state index in [1.807, 2.05) is 4.72 Å². The fraction of sp³-hybridized carbons (Fsp3) is 0.182. The summed E-state index contributed by atoms with van der Waals surface area (Å²) in [7, 11) is -4.13. The summed E-state index contributed by atoms with van der Waals surface area (Å²) in [5.74, 6) is -2.79. The Bertz CT molecular complexity index is 722. The molecule has 10 heteroatoms. The second-order valence-electron chi connectivity index (χ2n) is 4.18. The average molecular weight is 415 g/mol. The minimum absolute atomic E-state index is 0.139. The predicted octanol–water partition coefficient (Wildman–Crippen LogP) is 1.96. The molecule has 0 amide bonds. The van der Waals surface area contributed by atoms with Crippen molar-refractivity contribution in [2.24, 2.45) is 5.92 Å². The molecule has 2 unspecified atom stereocenters. The fourth-order valence-electron chi connectivity index (χ4n) is 1.72. The van der Waals surface area contributed by atoms with Crippen LogP contribution in [-0.2, 0) is 14.8 Å². The van der Waals surface area contributed by atoms with Gasteiger partial charge in [0.05, 0.1) is 0 Å². The highest BCUT2D eigenvalue weighted by Crippen LogP contribution is 2.35. The van der Waals surface area contributed by atoms with Gasteiger partial charge >= 0.3 is 5.97 Å². The third-order valence-electron chi connectivity index (χ3n) is 2.69. The fourth-order valence-corrected chi connectivity index (χ4v) is 5.26. The summed E-state index contributed by atoms with van der Waals surface area (Å²) in [6.07, 6.45) is 5.05. The van der Waals surface area contributed by atoms with Gasteiger partial charge in [-0.25, -0.2) is 8.42 Å². The van der Waals surface area contributed by atoms with E-state index in [1.54, 1.807) is 0 Å². The van der Waals surface area contributed by atoms with Crippen molar-refractivity contribution in [3.63, 3.8) is 0 Å². The number of carbonyl (C=O) groups is 1. The Morgan fingerprint density at radius 2 is 2.14 bits per heavy atom. The molecule has 1 aromatic heterocycles. The second kappa shape index (κ2) is 5.82. The van der Waals surface area contributed by atoms with Crippen LogP contribution in [0.3, 0.4) is 0 Å². The number of carboxylic acids is 1. The van der Waals surface area contributed by atoms with Crippen molar-refractivity contribution in [1.82, 2.24) is 4.72 Å². The number of aliphatic hydroxyl groups is 1. The van der Waals surface area contributed by atoms with Crippen LogP contribution < -0.4 is 4.72 Å². The first-order valence-electron chi connectivity index (χ1n) is 5.46. The maximum atomic E-state index is 12.2. The van der Waals surface area contributed by atoms with E-state index < -0.39 is 27.6 Å². The van der Waals surface area contributed by atoms with Gasteiger partial charge in [-0.1, -0.05) is 29.8 Å². The Morgan fingerprint density at radius 1 is 1.48 bits per heavy atom. The molecule has 0 spiro atoms. The number of carboxylic acid groups (broad SMARTS) is 1. The maximum absolute atomic E-state index is 12.2. The van der Waals surface area contributed by atoms with E-state index in [2.05, 4.69) is 15.9 Å². The lowest BCUT2D eigenvalue weighted by molar-refractivity contribution is -0.146. The van der Waals surface area contributed by atoms with Crippen LogP contribution in [0.1, 0.15) is 0 Å². The van der Waals surface area contributed by atoms with Crippen LogP contribution in [-0.4, -0.2) is 30.3 Å². The van der Waals surface area contributed by atoms with Gasteiger partial charge in [-0.3, -0.25) is 4.79 Å². The van der Waals surface area contributed by atoms with Crippen LogP contribution in [0.5, 0.6) is 0 Å². The van der Waals surface area contributed by atoms with E-state index in [4.69, 9.17) is 16.7 Å². The van der Waals surface area contributed by atoms with Crippen LogP contribution in [0.2, 0.25) is 4.34 Å². The van der Waals surface area contributed by atoms with Gasteiger partial charge < -0.3 is 10.2 Å². The highest BCUT2D eigenvalue weighted by atomic mass is 79.9. The topological polar surface area (TPSA) is 104 Å². The highest BCUT2D eigenvalue weighted by molar-refractivity contribution is 9.10. The minimum Gasteiger partial charge on any atom is -0.481 e. The number of hydrogen-bond acceptors (Lipinski definition) is 5. The number of hydrogen-bond donors (Lipinski definition) is 3. The van der Waals surface area contributed by atoms with E-state index in [0.29, 0.717) is 4.47 Å². The lowest BCUT2D eigenvalue weighted by atomic mass is 9.92. The summed E-state index contributed by atoms with van der Waals surface area (Å²) in [6, 6.07) is 1.27. The first-order chi connectivity index (χ1) is 9.66. The van der Waals surface area contributed by atoms with Crippen molar-refractivity contribution in [2.45, 2.75) is 9.93 Å². The van der Waals surface area contributed by atoms with Gasteiger partial charge in [0.15, 0.2) is 5.72 Å². The molecule has 0 radical (unpaired) electrons. The van der Waals surface area contributed by atoms with E-state index in [9.17, 15) is 18.3 Å². The molecule has 1 heterocycles. The van der Waals surface area contributed by atoms with E-state index in [0.717, 1.165) is 17.4 Å². The summed E-state index contributed by atoms with van der Waals surface area (Å²) in [6.45, 7) is 0. The SMILES string of the molecule is O=C(O)C1C=CC=CC1(O)NS(=O)(=O)c1cc(Br)c(Cl)s1. The molecule has 3 N–H and O–H groups in total. The van der Waals surface area contributed by atoms with Crippen molar-refractivity contribution in [2.75, 3.05) is 0 Å². The van der Waals surface area contributed by atoms with Crippen molar-refractivity contribution in [3.8, 4) is 0 Å². The lowest BCUT2D eigenvalue weighted by Gasteiger charge is -2.31. The highest BCUT2D eigenvalue weighted by Gasteiger charge is 2.43. The number of nitrogens with one attached hydrogen (secondary N) is 1. The Morgan fingerprint density at radius 3 is 2.67 bits per heavy atom. The van der Waals surface area contributed by atoms with Crippen LogP contribution in [0, 0.1) is 5.92 Å². The maximum Gasteiger partial charge on any atom is 0.315 e. The van der Waals surface area contributed by atoms with E-state index in [1.165, 1.54) is 24.3 Å². The number of aliphatic carboxylic acids is 1. The number of rotatable bonds is 4. The van der Waals surface area contributed by atoms with Crippen molar-refractivity contribution >= 4 is 54.9 Å². The molecule has 0 aromatic carbocycles. The first-order valence-corrected chi connectivity index (χ1v) is 8.93. The predicted molar refractivity (Wildman–Crippen MR) is 81.7 cm³/mol. The van der Waals surface area contributed by atoms with Crippen molar-refractivity contribution in [3.05, 3.63) is 39.2 Å². The molecule has 114 valence electrons. The van der Waals surface area contributed by atoms with Gasteiger partial charge in [-0.05, 0) is 28.1 Å². The molecule has 0 bridgehead atoms. The molecule has 0 fully saturated rings. The third-order valence-corrected chi connectivity index (χ3v) is 7.11. The zero-order valence-corrected chi connectivity index (χ0v) is 14.1. The second-order valence-corrected chi connectivity index (χ2v) is 8.60. The molecule has 1 aliphatic carbocycles. The molecule has 0 saturated carbocycles. The molecule has 6 nitrogen and oxygen atoms in total. The number of halogens is 2. The van der Waals surface area contributed by atoms with Crippen LogP contribution >= 0.6 is 38.9 Å².